The largest absolute Gasteiger partial charge is 0.476 e. The molecule has 0 saturated heterocycles. The number of nitrogens with zero attached hydrogens (tertiary/aromatic N) is 4. The van der Waals surface area contributed by atoms with Crippen molar-refractivity contribution in [2.45, 2.75) is 6.92 Å². The fraction of sp³-hybridized carbons (Fsp3) is 0.333. The van der Waals surface area contributed by atoms with Gasteiger partial charge in [0.2, 0.25) is 5.88 Å². The predicted molar refractivity (Wildman–Crippen MR) is 53.7 cm³/mol. The minimum atomic E-state index is -0.397. The quantitative estimate of drug-likeness (QED) is 0.698. The number of hydrogen-bond donors (Lipinski definition) is 0. The van der Waals surface area contributed by atoms with Crippen molar-refractivity contribution in [2.24, 2.45) is 7.05 Å². The van der Waals surface area contributed by atoms with Gasteiger partial charge in [-0.25, -0.2) is 14.8 Å². The third-order valence-electron chi connectivity index (χ3n) is 1.96. The molecule has 0 radical (unpaired) electrons. The first-order valence-corrected chi connectivity index (χ1v) is 4.54. The Morgan fingerprint density at radius 1 is 1.40 bits per heavy atom. The van der Waals surface area contributed by atoms with Crippen LogP contribution < -0.4 is 10.4 Å². The highest BCUT2D eigenvalue weighted by Crippen LogP contribution is 2.15. The summed E-state index contributed by atoms with van der Waals surface area (Å²) >= 11 is 0. The number of fused-ring (bicyclic) bond motifs is 1. The van der Waals surface area contributed by atoms with Crippen molar-refractivity contribution in [2.75, 3.05) is 6.61 Å². The third kappa shape index (κ3) is 1.54. The highest BCUT2D eigenvalue weighted by atomic mass is 16.5. The topological polar surface area (TPSA) is 69.9 Å². The van der Waals surface area contributed by atoms with E-state index in [-0.39, 0.29) is 5.88 Å². The average molecular weight is 206 g/mol. The molecule has 2 rings (SSSR count). The van der Waals surface area contributed by atoms with Crippen LogP contribution >= 0.6 is 0 Å². The lowest BCUT2D eigenvalue weighted by Gasteiger charge is -2.06. The van der Waals surface area contributed by atoms with Gasteiger partial charge in [-0.05, 0) is 6.92 Å². The molecule has 2 aromatic heterocycles. The van der Waals surface area contributed by atoms with Crippen molar-refractivity contribution in [1.29, 1.82) is 0 Å². The van der Waals surface area contributed by atoms with Crippen molar-refractivity contribution in [3.63, 3.8) is 0 Å². The minimum absolute atomic E-state index is 0.240. The molecule has 6 nitrogen and oxygen atoms in total. The second-order valence-corrected chi connectivity index (χ2v) is 2.92. The van der Waals surface area contributed by atoms with Gasteiger partial charge in [-0.15, -0.1) is 0 Å². The first-order valence-electron chi connectivity index (χ1n) is 4.54. The van der Waals surface area contributed by atoms with Crippen LogP contribution in [0, 0.1) is 0 Å². The molecule has 0 aliphatic carbocycles. The van der Waals surface area contributed by atoms with Gasteiger partial charge < -0.3 is 4.74 Å². The molecule has 0 unspecified atom stereocenters. The summed E-state index contributed by atoms with van der Waals surface area (Å²) < 4.78 is 6.57. The molecule has 0 aliphatic rings. The van der Waals surface area contributed by atoms with Crippen LogP contribution in [-0.4, -0.2) is 26.1 Å². The van der Waals surface area contributed by atoms with E-state index in [0.717, 1.165) is 0 Å². The average Bonchev–Trinajstić information content (AvgIpc) is 2.26. The molecule has 0 atom stereocenters. The summed E-state index contributed by atoms with van der Waals surface area (Å²) in [7, 11) is 1.60. The lowest BCUT2D eigenvalue weighted by Crippen LogP contribution is -2.22. The second kappa shape index (κ2) is 3.64. The number of aromatic nitrogens is 4. The predicted octanol–water partition coefficient (Wildman–Crippen LogP) is 0.122. The van der Waals surface area contributed by atoms with Crippen LogP contribution in [0.3, 0.4) is 0 Å². The SMILES string of the molecule is CCOc1nc(=O)n(C)c2nccnc12. The summed E-state index contributed by atoms with van der Waals surface area (Å²) in [6.45, 7) is 2.26. The Hall–Kier alpha value is -1.98. The van der Waals surface area contributed by atoms with Crippen LogP contribution in [0.1, 0.15) is 6.92 Å². The molecule has 0 spiro atoms. The Morgan fingerprint density at radius 3 is 2.87 bits per heavy atom. The van der Waals surface area contributed by atoms with E-state index in [0.29, 0.717) is 17.8 Å². The van der Waals surface area contributed by atoms with E-state index >= 15 is 0 Å². The minimum Gasteiger partial charge on any atom is -0.476 e. The van der Waals surface area contributed by atoms with E-state index in [4.69, 9.17) is 4.74 Å². The Kier molecular flexibility index (Phi) is 2.32. The third-order valence-corrected chi connectivity index (χ3v) is 1.96. The van der Waals surface area contributed by atoms with Crippen LogP contribution in [0.25, 0.3) is 11.2 Å². The molecule has 0 amide bonds. The number of aryl methyl sites for hydroxylation is 1. The first-order chi connectivity index (χ1) is 7.24. The van der Waals surface area contributed by atoms with Gasteiger partial charge in [-0.1, -0.05) is 0 Å². The van der Waals surface area contributed by atoms with Crippen LogP contribution in [-0.2, 0) is 7.05 Å². The highest BCUT2D eigenvalue weighted by Gasteiger charge is 2.10. The zero-order valence-corrected chi connectivity index (χ0v) is 8.47. The normalized spacial score (nSPS) is 10.5. The Labute approximate surface area is 85.6 Å². The molecule has 15 heavy (non-hydrogen) atoms. The van der Waals surface area contributed by atoms with E-state index in [1.165, 1.54) is 17.0 Å². The summed E-state index contributed by atoms with van der Waals surface area (Å²) in [5.74, 6) is 0.240. The molecule has 6 heteroatoms. The lowest BCUT2D eigenvalue weighted by atomic mass is 10.5. The summed E-state index contributed by atoms with van der Waals surface area (Å²) in [6.07, 6.45) is 3.06. The summed E-state index contributed by atoms with van der Waals surface area (Å²) in [6, 6.07) is 0. The second-order valence-electron chi connectivity index (χ2n) is 2.92. The molecule has 0 saturated carbocycles. The Morgan fingerprint density at radius 2 is 2.13 bits per heavy atom. The lowest BCUT2D eigenvalue weighted by molar-refractivity contribution is 0.328. The number of ether oxygens (including phenoxy) is 1. The molecular weight excluding hydrogens is 196 g/mol. The number of hydrogen-bond acceptors (Lipinski definition) is 5. The van der Waals surface area contributed by atoms with E-state index in [1.54, 1.807) is 7.05 Å². The molecule has 0 N–H and O–H groups in total. The molecule has 78 valence electrons. The van der Waals surface area contributed by atoms with E-state index in [1.807, 2.05) is 6.92 Å². The fourth-order valence-electron chi connectivity index (χ4n) is 1.27. The van der Waals surface area contributed by atoms with Crippen molar-refractivity contribution in [3.05, 3.63) is 22.9 Å². The van der Waals surface area contributed by atoms with Gasteiger partial charge in [0.15, 0.2) is 11.2 Å². The maximum absolute atomic E-state index is 11.4. The summed E-state index contributed by atoms with van der Waals surface area (Å²) in [4.78, 5) is 23.4. The Bertz CT molecular complexity index is 549. The zero-order chi connectivity index (χ0) is 10.8. The van der Waals surface area contributed by atoms with Gasteiger partial charge in [0.05, 0.1) is 6.61 Å². The van der Waals surface area contributed by atoms with Crippen molar-refractivity contribution in [1.82, 2.24) is 19.5 Å². The van der Waals surface area contributed by atoms with Gasteiger partial charge in [0.25, 0.3) is 0 Å². The maximum atomic E-state index is 11.4. The van der Waals surface area contributed by atoms with Crippen molar-refractivity contribution < 1.29 is 4.74 Å². The maximum Gasteiger partial charge on any atom is 0.352 e. The Balaban J connectivity index is 2.82. The van der Waals surface area contributed by atoms with Gasteiger partial charge in [0.1, 0.15) is 0 Å². The molecular formula is C9H10N4O2. The van der Waals surface area contributed by atoms with Crippen LogP contribution in [0.4, 0.5) is 0 Å². The monoisotopic (exact) mass is 206 g/mol. The van der Waals surface area contributed by atoms with Crippen molar-refractivity contribution in [3.8, 4) is 5.88 Å². The van der Waals surface area contributed by atoms with Gasteiger partial charge in [0, 0.05) is 19.4 Å². The molecule has 2 heterocycles. The first kappa shape index (κ1) is 9.57. The van der Waals surface area contributed by atoms with E-state index in [2.05, 4.69) is 15.0 Å². The van der Waals surface area contributed by atoms with Gasteiger partial charge in [-0.2, -0.15) is 4.98 Å². The van der Waals surface area contributed by atoms with E-state index in [9.17, 15) is 4.79 Å². The van der Waals surface area contributed by atoms with Crippen LogP contribution in [0.5, 0.6) is 5.88 Å². The smallest absolute Gasteiger partial charge is 0.352 e. The van der Waals surface area contributed by atoms with Crippen LogP contribution in [0.2, 0.25) is 0 Å². The van der Waals surface area contributed by atoms with Crippen LogP contribution in [0.15, 0.2) is 17.2 Å². The standard InChI is InChI=1S/C9H10N4O2/c1-3-15-8-6-7(11-5-4-10-6)13(2)9(14)12-8/h4-5H,3H2,1-2H3. The fourth-order valence-corrected chi connectivity index (χ4v) is 1.27. The van der Waals surface area contributed by atoms with E-state index < -0.39 is 5.69 Å². The summed E-state index contributed by atoms with van der Waals surface area (Å²) in [5, 5.41) is 0. The highest BCUT2D eigenvalue weighted by molar-refractivity contribution is 5.74. The van der Waals surface area contributed by atoms with Crippen molar-refractivity contribution >= 4 is 11.2 Å². The molecule has 0 aliphatic heterocycles. The molecule has 0 bridgehead atoms. The van der Waals surface area contributed by atoms with Gasteiger partial charge >= 0.3 is 5.69 Å². The zero-order valence-electron chi connectivity index (χ0n) is 8.47. The summed E-state index contributed by atoms with van der Waals surface area (Å²) in [5.41, 5.74) is 0.578. The molecule has 2 aromatic rings. The molecule has 0 fully saturated rings. The number of rotatable bonds is 2. The van der Waals surface area contributed by atoms with Gasteiger partial charge in [-0.3, -0.25) is 4.57 Å². The molecule has 0 aromatic carbocycles.